The Morgan fingerprint density at radius 2 is 1.49 bits per heavy atom. The zero-order chi connectivity index (χ0) is 25.7. The molecule has 198 valence electrons. The van der Waals surface area contributed by atoms with E-state index in [2.05, 4.69) is 5.32 Å². The van der Waals surface area contributed by atoms with Crippen molar-refractivity contribution in [2.75, 3.05) is 32.7 Å². The minimum Gasteiger partial charge on any atom is -0.453 e. The number of aliphatic hydroxyl groups is 1. The van der Waals surface area contributed by atoms with E-state index in [1.807, 2.05) is 36.4 Å². The summed E-state index contributed by atoms with van der Waals surface area (Å²) >= 11 is 0. The summed E-state index contributed by atoms with van der Waals surface area (Å²) in [5.41, 5.74) is -0.807. The highest BCUT2D eigenvalue weighted by Crippen LogP contribution is 2.38. The Labute approximate surface area is 220 Å². The van der Waals surface area contributed by atoms with Gasteiger partial charge in [-0.3, -0.25) is 4.79 Å². The monoisotopic (exact) mass is 505 g/mol. The number of hydrogen-bond acceptors (Lipinski definition) is 4. The Hall–Kier alpha value is -2.70. The first kappa shape index (κ1) is 25.9. The smallest absolute Gasteiger partial charge is 0.348 e. The lowest BCUT2D eigenvalue weighted by molar-refractivity contribution is -0.946. The third kappa shape index (κ3) is 5.60. The predicted octanol–water partition coefficient (Wildman–Crippen LogP) is 4.16. The Kier molecular flexibility index (Phi) is 7.96. The van der Waals surface area contributed by atoms with Crippen LogP contribution < -0.4 is 5.32 Å². The summed E-state index contributed by atoms with van der Waals surface area (Å²) in [4.78, 5) is 26.2. The molecule has 0 unspecified atom stereocenters. The first-order valence-corrected chi connectivity index (χ1v) is 14.2. The molecule has 3 aliphatic heterocycles. The molecule has 4 fully saturated rings. The molecule has 3 saturated heterocycles. The lowest BCUT2D eigenvalue weighted by Crippen LogP contribution is -2.65. The van der Waals surface area contributed by atoms with E-state index in [9.17, 15) is 14.7 Å². The molecule has 6 rings (SSSR count). The fraction of sp³-hybridized carbons (Fsp3) is 0.548. The second kappa shape index (κ2) is 11.4. The van der Waals surface area contributed by atoms with Crippen LogP contribution in [0.15, 0.2) is 60.7 Å². The molecule has 1 aliphatic carbocycles. The average Bonchev–Trinajstić information content (AvgIpc) is 2.96. The first-order chi connectivity index (χ1) is 18.0. The van der Waals surface area contributed by atoms with Crippen molar-refractivity contribution >= 4 is 11.9 Å². The van der Waals surface area contributed by atoms with Crippen LogP contribution in [0, 0.1) is 11.8 Å². The molecule has 1 atom stereocenters. The van der Waals surface area contributed by atoms with Crippen molar-refractivity contribution in [3.05, 3.63) is 71.8 Å². The van der Waals surface area contributed by atoms with Gasteiger partial charge in [0, 0.05) is 37.6 Å². The fourth-order valence-corrected chi connectivity index (χ4v) is 6.79. The largest absolute Gasteiger partial charge is 0.453 e. The Bertz CT molecular complexity index is 1000. The zero-order valence-corrected chi connectivity index (χ0v) is 21.8. The molecule has 2 aromatic rings. The molecule has 1 amide bonds. The Morgan fingerprint density at radius 3 is 2.08 bits per heavy atom. The van der Waals surface area contributed by atoms with Crippen LogP contribution in [0.5, 0.6) is 0 Å². The normalized spacial score (nSPS) is 26.0. The molecule has 3 heterocycles. The van der Waals surface area contributed by atoms with Gasteiger partial charge in [0.2, 0.25) is 11.5 Å². The van der Waals surface area contributed by atoms with Gasteiger partial charge < -0.3 is 19.6 Å². The van der Waals surface area contributed by atoms with Gasteiger partial charge in [0.1, 0.15) is 6.54 Å². The Balaban J connectivity index is 1.21. The number of quaternary nitrogens is 1. The summed E-state index contributed by atoms with van der Waals surface area (Å²) in [6.07, 6.45) is 8.43. The highest BCUT2D eigenvalue weighted by atomic mass is 16.6. The molecule has 6 nitrogen and oxygen atoms in total. The van der Waals surface area contributed by atoms with Crippen LogP contribution in [0.25, 0.3) is 0 Å². The second-order valence-electron chi connectivity index (χ2n) is 11.4. The van der Waals surface area contributed by atoms with Crippen LogP contribution in [-0.4, -0.2) is 60.3 Å². The van der Waals surface area contributed by atoms with Crippen molar-refractivity contribution in [2.24, 2.45) is 11.8 Å². The van der Waals surface area contributed by atoms with Crippen molar-refractivity contribution in [3.63, 3.8) is 0 Å². The van der Waals surface area contributed by atoms with Gasteiger partial charge in [-0.25, -0.2) is 4.79 Å². The number of hydrogen-bond donors (Lipinski definition) is 2. The minimum atomic E-state index is -1.84. The highest BCUT2D eigenvalue weighted by Gasteiger charge is 2.50. The van der Waals surface area contributed by atoms with Gasteiger partial charge in [0.15, 0.2) is 6.10 Å². The summed E-state index contributed by atoms with van der Waals surface area (Å²) in [7, 11) is 0. The fourth-order valence-electron chi connectivity index (χ4n) is 6.79. The van der Waals surface area contributed by atoms with E-state index in [4.69, 9.17) is 4.74 Å². The van der Waals surface area contributed by atoms with Crippen molar-refractivity contribution < 1.29 is 23.9 Å². The number of carbonyl (C=O) groups is 2. The number of amides is 1. The van der Waals surface area contributed by atoms with Gasteiger partial charge >= 0.3 is 5.97 Å². The van der Waals surface area contributed by atoms with Crippen molar-refractivity contribution in [1.29, 1.82) is 0 Å². The molecule has 6 heteroatoms. The molecular weight excluding hydrogens is 464 g/mol. The molecule has 0 radical (unpaired) electrons. The van der Waals surface area contributed by atoms with Gasteiger partial charge in [0.05, 0.1) is 19.6 Å². The maximum Gasteiger partial charge on any atom is 0.348 e. The predicted molar refractivity (Wildman–Crippen MR) is 142 cm³/mol. The van der Waals surface area contributed by atoms with Crippen LogP contribution in [0.4, 0.5) is 0 Å². The lowest BCUT2D eigenvalue weighted by atomic mass is 9.82. The number of carbonyl (C=O) groups excluding carboxylic acids is 2. The third-order valence-corrected chi connectivity index (χ3v) is 9.06. The summed E-state index contributed by atoms with van der Waals surface area (Å²) in [6.45, 7) is 4.67. The molecule has 4 aliphatic rings. The molecule has 0 spiro atoms. The maximum absolute atomic E-state index is 13.7. The number of nitrogens with zero attached hydrogens (tertiary/aromatic N) is 1. The van der Waals surface area contributed by atoms with E-state index in [1.54, 1.807) is 24.3 Å². The van der Waals surface area contributed by atoms with E-state index in [0.717, 1.165) is 62.8 Å². The molecule has 2 bridgehead atoms. The summed E-state index contributed by atoms with van der Waals surface area (Å²) in [5.74, 6) is 0.167. The maximum atomic E-state index is 13.7. The van der Waals surface area contributed by atoms with Crippen LogP contribution in [0.2, 0.25) is 0 Å². The van der Waals surface area contributed by atoms with E-state index in [1.165, 1.54) is 19.3 Å². The van der Waals surface area contributed by atoms with Crippen LogP contribution in [-0.2, 0) is 19.9 Å². The topological polar surface area (TPSA) is 75.6 Å². The number of rotatable bonds is 9. The van der Waals surface area contributed by atoms with E-state index < -0.39 is 11.6 Å². The zero-order valence-electron chi connectivity index (χ0n) is 21.8. The SMILES string of the molecule is O=C(NCCC[N+]12CCC(CC1)[C@@H](OC(=O)C(O)(c1ccccc1)c1ccccc1)C2)C1CCCCC1. The molecule has 2 N–H and O–H groups in total. The summed E-state index contributed by atoms with van der Waals surface area (Å²) in [5, 5.41) is 15.0. The third-order valence-electron chi connectivity index (χ3n) is 9.06. The lowest BCUT2D eigenvalue weighted by Gasteiger charge is -2.52. The summed E-state index contributed by atoms with van der Waals surface area (Å²) in [6, 6.07) is 18.2. The highest BCUT2D eigenvalue weighted by molar-refractivity contribution is 5.85. The quantitative estimate of drug-likeness (QED) is 0.305. The molecular formula is C31H41N2O4+. The number of esters is 1. The average molecular weight is 506 g/mol. The minimum absolute atomic E-state index is 0.197. The molecule has 0 aromatic heterocycles. The van der Waals surface area contributed by atoms with Crippen LogP contribution in [0.1, 0.15) is 62.5 Å². The number of ether oxygens (including phenoxy) is 1. The summed E-state index contributed by atoms with van der Waals surface area (Å²) < 4.78 is 7.11. The van der Waals surface area contributed by atoms with Crippen molar-refractivity contribution in [1.82, 2.24) is 5.32 Å². The van der Waals surface area contributed by atoms with E-state index in [0.29, 0.717) is 23.6 Å². The second-order valence-corrected chi connectivity index (χ2v) is 11.4. The number of nitrogens with one attached hydrogen (secondary N) is 1. The van der Waals surface area contributed by atoms with E-state index in [-0.39, 0.29) is 17.9 Å². The number of piperidine rings is 3. The van der Waals surface area contributed by atoms with E-state index >= 15 is 0 Å². The van der Waals surface area contributed by atoms with Gasteiger partial charge in [-0.1, -0.05) is 79.9 Å². The number of benzene rings is 2. The van der Waals surface area contributed by atoms with Crippen LogP contribution >= 0.6 is 0 Å². The van der Waals surface area contributed by atoms with Crippen LogP contribution in [0.3, 0.4) is 0 Å². The first-order valence-electron chi connectivity index (χ1n) is 14.2. The van der Waals surface area contributed by atoms with Gasteiger partial charge in [-0.2, -0.15) is 0 Å². The Morgan fingerprint density at radius 1 is 0.892 bits per heavy atom. The van der Waals surface area contributed by atoms with Crippen molar-refractivity contribution in [2.45, 2.75) is 63.1 Å². The molecule has 37 heavy (non-hydrogen) atoms. The van der Waals surface area contributed by atoms with Crippen molar-refractivity contribution in [3.8, 4) is 0 Å². The molecule has 2 aromatic carbocycles. The standard InChI is InChI=1S/C31H40N2O4/c34-29(25-11-4-1-5-12-25)32-19-10-20-33-21-17-24(18-22-33)28(23-33)37-30(35)31(36,26-13-6-2-7-14-26)27-15-8-3-9-16-27/h2-3,6-9,13-16,24-25,28,36H,1,4-5,10-12,17-23H2/p+1/t24?,28-,33?/m0/s1. The number of fused-ring (bicyclic) bond motifs is 3. The van der Waals surface area contributed by atoms with Gasteiger partial charge in [0.25, 0.3) is 0 Å². The molecule has 1 saturated carbocycles. The van der Waals surface area contributed by atoms with Gasteiger partial charge in [-0.15, -0.1) is 0 Å². The van der Waals surface area contributed by atoms with Gasteiger partial charge in [-0.05, 0) is 24.0 Å².